The van der Waals surface area contributed by atoms with Crippen molar-refractivity contribution in [2.45, 2.75) is 31.7 Å². The summed E-state index contributed by atoms with van der Waals surface area (Å²) in [6.45, 7) is 0.686. The predicted molar refractivity (Wildman–Crippen MR) is 66.8 cm³/mol. The highest BCUT2D eigenvalue weighted by Crippen LogP contribution is 2.29. The van der Waals surface area contributed by atoms with Crippen molar-refractivity contribution in [2.24, 2.45) is 0 Å². The van der Waals surface area contributed by atoms with Crippen molar-refractivity contribution in [1.82, 2.24) is 5.32 Å². The molecule has 0 aliphatic heterocycles. The van der Waals surface area contributed by atoms with Gasteiger partial charge in [-0.15, -0.1) is 0 Å². The topological polar surface area (TPSA) is 38.3 Å². The largest absolute Gasteiger partial charge is 0.469 e. The maximum absolute atomic E-state index is 11.0. The van der Waals surface area contributed by atoms with Gasteiger partial charge in [0.1, 0.15) is 0 Å². The number of aryl methyl sites for hydroxylation is 1. The summed E-state index contributed by atoms with van der Waals surface area (Å²) in [5, 5.41) is 3.44. The molecule has 3 nitrogen and oxygen atoms in total. The zero-order valence-electron chi connectivity index (χ0n) is 10.2. The van der Waals surface area contributed by atoms with Crippen molar-refractivity contribution >= 4 is 5.97 Å². The van der Waals surface area contributed by atoms with E-state index in [4.69, 9.17) is 0 Å². The monoisotopic (exact) mass is 233 g/mol. The molecule has 0 amide bonds. The van der Waals surface area contributed by atoms with Gasteiger partial charge < -0.3 is 10.1 Å². The highest BCUT2D eigenvalue weighted by Gasteiger charge is 2.18. The maximum atomic E-state index is 11.0. The van der Waals surface area contributed by atoms with E-state index in [9.17, 15) is 4.79 Å². The number of rotatable bonds is 4. The summed E-state index contributed by atoms with van der Waals surface area (Å²) in [6, 6.07) is 8.95. The van der Waals surface area contributed by atoms with Gasteiger partial charge in [-0.1, -0.05) is 24.3 Å². The van der Waals surface area contributed by atoms with Crippen LogP contribution in [0.3, 0.4) is 0 Å². The fraction of sp³-hybridized carbons (Fsp3) is 0.500. The van der Waals surface area contributed by atoms with Crippen molar-refractivity contribution in [2.75, 3.05) is 13.7 Å². The van der Waals surface area contributed by atoms with Gasteiger partial charge in [-0.25, -0.2) is 0 Å². The van der Waals surface area contributed by atoms with Crippen LogP contribution in [0.2, 0.25) is 0 Å². The third-order valence-corrected chi connectivity index (χ3v) is 3.32. The highest BCUT2D eigenvalue weighted by atomic mass is 16.5. The number of nitrogens with one attached hydrogen (secondary N) is 1. The fourth-order valence-corrected chi connectivity index (χ4v) is 2.42. The molecule has 0 spiro atoms. The van der Waals surface area contributed by atoms with Crippen molar-refractivity contribution in [3.8, 4) is 0 Å². The van der Waals surface area contributed by atoms with Crippen LogP contribution >= 0.6 is 0 Å². The number of fused-ring (bicyclic) bond motifs is 1. The lowest BCUT2D eigenvalue weighted by atomic mass is 9.88. The average Bonchev–Trinajstić information content (AvgIpc) is 2.39. The first-order valence-electron chi connectivity index (χ1n) is 6.19. The Kier molecular flexibility index (Phi) is 4.15. The van der Waals surface area contributed by atoms with Crippen LogP contribution in [0.4, 0.5) is 0 Å². The van der Waals surface area contributed by atoms with E-state index in [1.54, 1.807) is 0 Å². The number of esters is 1. The van der Waals surface area contributed by atoms with Gasteiger partial charge in [-0.3, -0.25) is 4.79 Å². The van der Waals surface area contributed by atoms with E-state index in [-0.39, 0.29) is 5.97 Å². The molecule has 1 N–H and O–H groups in total. The van der Waals surface area contributed by atoms with E-state index < -0.39 is 0 Å². The zero-order chi connectivity index (χ0) is 12.1. The second-order valence-electron chi connectivity index (χ2n) is 4.42. The van der Waals surface area contributed by atoms with Gasteiger partial charge in [0.25, 0.3) is 0 Å². The minimum Gasteiger partial charge on any atom is -0.469 e. The SMILES string of the molecule is COC(=O)CCNC1CCCc2ccccc21. The molecule has 1 aromatic carbocycles. The van der Waals surface area contributed by atoms with Gasteiger partial charge in [0, 0.05) is 12.6 Å². The van der Waals surface area contributed by atoms with Gasteiger partial charge in [0.15, 0.2) is 0 Å². The standard InChI is InChI=1S/C14H19NO2/c1-17-14(16)9-10-15-13-8-4-6-11-5-2-3-7-12(11)13/h2-3,5,7,13,15H,4,6,8-10H2,1H3. The molecule has 17 heavy (non-hydrogen) atoms. The normalized spacial score (nSPS) is 18.5. The van der Waals surface area contributed by atoms with E-state index in [0.717, 1.165) is 6.42 Å². The van der Waals surface area contributed by atoms with Crippen molar-refractivity contribution < 1.29 is 9.53 Å². The third kappa shape index (κ3) is 3.07. The zero-order valence-corrected chi connectivity index (χ0v) is 10.2. The molecule has 0 saturated heterocycles. The van der Waals surface area contributed by atoms with Crippen LogP contribution in [0.15, 0.2) is 24.3 Å². The van der Waals surface area contributed by atoms with Crippen molar-refractivity contribution in [3.05, 3.63) is 35.4 Å². The Hall–Kier alpha value is -1.35. The summed E-state index contributed by atoms with van der Waals surface area (Å²) in [4.78, 5) is 11.0. The molecule has 0 fully saturated rings. The minimum atomic E-state index is -0.151. The van der Waals surface area contributed by atoms with E-state index in [1.165, 1.54) is 31.1 Å². The van der Waals surface area contributed by atoms with Crippen LogP contribution in [0.25, 0.3) is 0 Å². The molecule has 0 aromatic heterocycles. The predicted octanol–water partition coefficient (Wildman–Crippen LogP) is 2.22. The third-order valence-electron chi connectivity index (χ3n) is 3.32. The summed E-state index contributed by atoms with van der Waals surface area (Å²) in [5.41, 5.74) is 2.83. The van der Waals surface area contributed by atoms with E-state index in [1.807, 2.05) is 0 Å². The maximum Gasteiger partial charge on any atom is 0.306 e. The Morgan fingerprint density at radius 1 is 1.47 bits per heavy atom. The van der Waals surface area contributed by atoms with Crippen LogP contribution in [-0.4, -0.2) is 19.6 Å². The van der Waals surface area contributed by atoms with Crippen LogP contribution < -0.4 is 5.32 Å². The summed E-state index contributed by atoms with van der Waals surface area (Å²) in [6.07, 6.45) is 3.98. The number of benzene rings is 1. The summed E-state index contributed by atoms with van der Waals surface area (Å²) in [5.74, 6) is -0.151. The second-order valence-corrected chi connectivity index (χ2v) is 4.42. The van der Waals surface area contributed by atoms with E-state index >= 15 is 0 Å². The van der Waals surface area contributed by atoms with Crippen molar-refractivity contribution in [3.63, 3.8) is 0 Å². The number of hydrogen-bond acceptors (Lipinski definition) is 3. The number of ether oxygens (including phenoxy) is 1. The molecule has 0 radical (unpaired) electrons. The molecule has 92 valence electrons. The summed E-state index contributed by atoms with van der Waals surface area (Å²) < 4.78 is 4.63. The molecule has 2 rings (SSSR count). The molecule has 1 aliphatic rings. The van der Waals surface area contributed by atoms with Gasteiger partial charge in [-0.05, 0) is 30.4 Å². The lowest BCUT2D eigenvalue weighted by Crippen LogP contribution is -2.27. The van der Waals surface area contributed by atoms with Gasteiger partial charge in [-0.2, -0.15) is 0 Å². The minimum absolute atomic E-state index is 0.151. The Morgan fingerprint density at radius 3 is 3.12 bits per heavy atom. The molecule has 1 aliphatic carbocycles. The lowest BCUT2D eigenvalue weighted by Gasteiger charge is -2.26. The van der Waals surface area contributed by atoms with Gasteiger partial charge in [0.05, 0.1) is 13.5 Å². The highest BCUT2D eigenvalue weighted by molar-refractivity contribution is 5.69. The lowest BCUT2D eigenvalue weighted by molar-refractivity contribution is -0.140. The molecular formula is C14H19NO2. The Morgan fingerprint density at radius 2 is 2.29 bits per heavy atom. The number of hydrogen-bond donors (Lipinski definition) is 1. The number of carbonyl (C=O) groups excluding carboxylic acids is 1. The molecule has 0 bridgehead atoms. The van der Waals surface area contributed by atoms with Gasteiger partial charge >= 0.3 is 5.97 Å². The van der Waals surface area contributed by atoms with Gasteiger partial charge in [0.2, 0.25) is 0 Å². The van der Waals surface area contributed by atoms with E-state index in [2.05, 4.69) is 34.3 Å². The smallest absolute Gasteiger partial charge is 0.306 e. The quantitative estimate of drug-likeness (QED) is 0.810. The van der Waals surface area contributed by atoms with Crippen LogP contribution in [0.1, 0.15) is 36.4 Å². The fourth-order valence-electron chi connectivity index (χ4n) is 2.42. The molecule has 1 aromatic rings. The Bertz CT molecular complexity index is 390. The molecule has 0 saturated carbocycles. The molecule has 1 unspecified atom stereocenters. The average molecular weight is 233 g/mol. The first kappa shape index (κ1) is 12.1. The molecule has 1 atom stereocenters. The summed E-state index contributed by atoms with van der Waals surface area (Å²) >= 11 is 0. The Labute approximate surface area is 102 Å². The second kappa shape index (κ2) is 5.82. The summed E-state index contributed by atoms with van der Waals surface area (Å²) in [7, 11) is 1.43. The first-order chi connectivity index (χ1) is 8.31. The van der Waals surface area contributed by atoms with Crippen LogP contribution in [0, 0.1) is 0 Å². The number of carbonyl (C=O) groups is 1. The van der Waals surface area contributed by atoms with Crippen LogP contribution in [-0.2, 0) is 16.0 Å². The van der Waals surface area contributed by atoms with Crippen molar-refractivity contribution in [1.29, 1.82) is 0 Å². The molecular weight excluding hydrogens is 214 g/mol. The first-order valence-corrected chi connectivity index (χ1v) is 6.19. The molecule has 0 heterocycles. The number of methoxy groups -OCH3 is 1. The van der Waals surface area contributed by atoms with Crippen LogP contribution in [0.5, 0.6) is 0 Å². The molecule has 3 heteroatoms. The van der Waals surface area contributed by atoms with E-state index in [0.29, 0.717) is 19.0 Å². The Balaban J connectivity index is 1.92.